The third-order valence-corrected chi connectivity index (χ3v) is 3.13. The molecule has 1 rings (SSSR count). The van der Waals surface area contributed by atoms with Crippen LogP contribution < -0.4 is 10.2 Å². The van der Waals surface area contributed by atoms with Gasteiger partial charge >= 0.3 is 12.0 Å². The number of nitrogens with one attached hydrogen (secondary N) is 1. The van der Waals surface area contributed by atoms with Crippen LogP contribution in [-0.2, 0) is 4.79 Å². The zero-order valence-electron chi connectivity index (χ0n) is 12.2. The molecule has 2 N–H and O–H groups in total. The van der Waals surface area contributed by atoms with Crippen LogP contribution in [0.1, 0.15) is 31.7 Å². The molecule has 0 unspecified atom stereocenters. The molecule has 0 saturated heterocycles. The lowest BCUT2D eigenvalue weighted by atomic mass is 10.1. The highest BCUT2D eigenvalue weighted by atomic mass is 16.4. The summed E-state index contributed by atoms with van der Waals surface area (Å²) in [5, 5.41) is 20.3. The van der Waals surface area contributed by atoms with E-state index in [9.17, 15) is 9.59 Å². The van der Waals surface area contributed by atoms with E-state index in [1.54, 1.807) is 31.3 Å². The molecule has 1 aromatic carbocycles. The lowest BCUT2D eigenvalue weighted by Crippen LogP contribution is -2.46. The van der Waals surface area contributed by atoms with Crippen LogP contribution in [0.25, 0.3) is 0 Å². The zero-order valence-corrected chi connectivity index (χ0v) is 12.2. The Kier molecular flexibility index (Phi) is 6.21. The first-order chi connectivity index (χ1) is 9.99. The molecular formula is C15H19N3O3. The number of hydrogen-bond donors (Lipinski definition) is 2. The highest BCUT2D eigenvalue weighted by Gasteiger charge is 2.21. The number of nitriles is 1. The van der Waals surface area contributed by atoms with E-state index in [1.165, 1.54) is 4.90 Å². The van der Waals surface area contributed by atoms with Crippen LogP contribution in [0.15, 0.2) is 24.3 Å². The van der Waals surface area contributed by atoms with Crippen LogP contribution in [0, 0.1) is 11.3 Å². The van der Waals surface area contributed by atoms with Crippen LogP contribution in [-0.4, -0.2) is 30.2 Å². The molecule has 0 heterocycles. The quantitative estimate of drug-likeness (QED) is 0.840. The van der Waals surface area contributed by atoms with E-state index in [0.29, 0.717) is 17.7 Å². The van der Waals surface area contributed by atoms with Gasteiger partial charge in [-0.15, -0.1) is 0 Å². The number of carboxylic acid groups (broad SMARTS) is 1. The average Bonchev–Trinajstić information content (AvgIpc) is 2.50. The lowest BCUT2D eigenvalue weighted by Gasteiger charge is -2.21. The van der Waals surface area contributed by atoms with Crippen molar-refractivity contribution in [3.05, 3.63) is 29.8 Å². The standard InChI is InChI=1S/C15H19N3O3/c1-3-4-5-13(14(19)20)17-15(21)18(2)12-8-6-11(10-16)7-9-12/h6-9,13H,3-5H2,1-2H3,(H,17,21)(H,19,20)/t13-/m0/s1. The molecule has 21 heavy (non-hydrogen) atoms. The summed E-state index contributed by atoms with van der Waals surface area (Å²) in [7, 11) is 1.55. The number of aliphatic carboxylic acids is 1. The van der Waals surface area contributed by atoms with Gasteiger partial charge in [0.05, 0.1) is 11.6 Å². The molecule has 0 aliphatic rings. The molecule has 112 valence electrons. The molecular weight excluding hydrogens is 270 g/mol. The first-order valence-corrected chi connectivity index (χ1v) is 6.76. The predicted octanol–water partition coefficient (Wildman–Crippen LogP) is 2.35. The molecule has 6 nitrogen and oxygen atoms in total. The van der Waals surface area contributed by atoms with Gasteiger partial charge in [-0.25, -0.2) is 9.59 Å². The van der Waals surface area contributed by atoms with Gasteiger partial charge in [-0.1, -0.05) is 19.8 Å². The maximum absolute atomic E-state index is 12.1. The minimum absolute atomic E-state index is 0.402. The average molecular weight is 289 g/mol. The summed E-state index contributed by atoms with van der Waals surface area (Å²) in [6.07, 6.45) is 2.00. The number of nitrogens with zero attached hydrogens (tertiary/aromatic N) is 2. The van der Waals surface area contributed by atoms with Crippen molar-refractivity contribution in [2.45, 2.75) is 32.2 Å². The molecule has 0 aliphatic heterocycles. The summed E-state index contributed by atoms with van der Waals surface area (Å²) in [4.78, 5) is 24.5. The number of rotatable bonds is 6. The number of carboxylic acids is 1. The first-order valence-electron chi connectivity index (χ1n) is 6.76. The number of anilines is 1. The van der Waals surface area contributed by atoms with Crippen LogP contribution in [0.5, 0.6) is 0 Å². The van der Waals surface area contributed by atoms with Crippen molar-refractivity contribution in [3.8, 4) is 6.07 Å². The number of unbranched alkanes of at least 4 members (excludes halogenated alkanes) is 1. The van der Waals surface area contributed by atoms with Gasteiger partial charge in [-0.3, -0.25) is 4.90 Å². The van der Waals surface area contributed by atoms with E-state index in [0.717, 1.165) is 12.8 Å². The second kappa shape index (κ2) is 7.90. The summed E-state index contributed by atoms with van der Waals surface area (Å²) >= 11 is 0. The Balaban J connectivity index is 2.71. The molecule has 0 radical (unpaired) electrons. The Labute approximate surface area is 124 Å². The molecule has 0 fully saturated rings. The van der Waals surface area contributed by atoms with Crippen molar-refractivity contribution in [2.24, 2.45) is 0 Å². The minimum atomic E-state index is -1.04. The van der Waals surface area contributed by atoms with E-state index < -0.39 is 18.0 Å². The number of hydrogen-bond acceptors (Lipinski definition) is 3. The predicted molar refractivity (Wildman–Crippen MR) is 79.0 cm³/mol. The summed E-state index contributed by atoms with van der Waals surface area (Å²) in [6.45, 7) is 1.96. The van der Waals surface area contributed by atoms with Crippen molar-refractivity contribution in [2.75, 3.05) is 11.9 Å². The monoisotopic (exact) mass is 289 g/mol. The number of urea groups is 1. The Morgan fingerprint density at radius 3 is 2.48 bits per heavy atom. The van der Waals surface area contributed by atoms with Crippen molar-refractivity contribution < 1.29 is 14.7 Å². The molecule has 6 heteroatoms. The third kappa shape index (κ3) is 4.80. The van der Waals surface area contributed by atoms with Gasteiger partial charge in [0.1, 0.15) is 6.04 Å². The second-order valence-corrected chi connectivity index (χ2v) is 4.70. The SMILES string of the molecule is CCCC[C@H](NC(=O)N(C)c1ccc(C#N)cc1)C(=O)O. The highest BCUT2D eigenvalue weighted by Crippen LogP contribution is 2.14. The van der Waals surface area contributed by atoms with Crippen molar-refractivity contribution in [3.63, 3.8) is 0 Å². The Bertz CT molecular complexity index is 534. The Morgan fingerprint density at radius 1 is 1.38 bits per heavy atom. The van der Waals surface area contributed by atoms with E-state index in [2.05, 4.69) is 5.32 Å². The minimum Gasteiger partial charge on any atom is -0.480 e. The summed E-state index contributed by atoms with van der Waals surface area (Å²) in [5.74, 6) is -1.04. The van der Waals surface area contributed by atoms with Crippen molar-refractivity contribution >= 4 is 17.7 Å². The maximum atomic E-state index is 12.1. The Hall–Kier alpha value is -2.55. The molecule has 0 spiro atoms. The molecule has 1 aromatic rings. The number of carbonyl (C=O) groups excluding carboxylic acids is 1. The van der Waals surface area contributed by atoms with Gasteiger partial charge < -0.3 is 10.4 Å². The number of carbonyl (C=O) groups is 2. The van der Waals surface area contributed by atoms with Crippen LogP contribution >= 0.6 is 0 Å². The lowest BCUT2D eigenvalue weighted by molar-refractivity contribution is -0.139. The van der Waals surface area contributed by atoms with Gasteiger partial charge in [-0.2, -0.15) is 5.26 Å². The number of benzene rings is 1. The van der Waals surface area contributed by atoms with Crippen molar-refractivity contribution in [1.29, 1.82) is 5.26 Å². The van der Waals surface area contributed by atoms with Crippen LogP contribution in [0.4, 0.5) is 10.5 Å². The molecule has 0 aromatic heterocycles. The fraction of sp³-hybridized carbons (Fsp3) is 0.400. The van der Waals surface area contributed by atoms with Crippen molar-refractivity contribution in [1.82, 2.24) is 5.32 Å². The molecule has 2 amide bonds. The fourth-order valence-electron chi connectivity index (χ4n) is 1.79. The largest absolute Gasteiger partial charge is 0.480 e. The van der Waals surface area contributed by atoms with Crippen LogP contribution in [0.3, 0.4) is 0 Å². The molecule has 0 bridgehead atoms. The fourth-order valence-corrected chi connectivity index (χ4v) is 1.79. The molecule has 0 saturated carbocycles. The molecule has 1 atom stereocenters. The summed E-state index contributed by atoms with van der Waals surface area (Å²) < 4.78 is 0. The smallest absolute Gasteiger partial charge is 0.326 e. The normalized spacial score (nSPS) is 11.3. The van der Waals surface area contributed by atoms with Crippen LogP contribution in [0.2, 0.25) is 0 Å². The highest BCUT2D eigenvalue weighted by molar-refractivity contribution is 5.94. The maximum Gasteiger partial charge on any atom is 0.326 e. The summed E-state index contributed by atoms with van der Waals surface area (Å²) in [5.41, 5.74) is 1.09. The van der Waals surface area contributed by atoms with E-state index in [1.807, 2.05) is 13.0 Å². The Morgan fingerprint density at radius 2 is 2.00 bits per heavy atom. The molecule has 0 aliphatic carbocycles. The van der Waals surface area contributed by atoms with Gasteiger partial charge in [0, 0.05) is 12.7 Å². The van der Waals surface area contributed by atoms with E-state index in [-0.39, 0.29) is 0 Å². The van der Waals surface area contributed by atoms with Gasteiger partial charge in [0.2, 0.25) is 0 Å². The number of amides is 2. The van der Waals surface area contributed by atoms with E-state index in [4.69, 9.17) is 10.4 Å². The zero-order chi connectivity index (χ0) is 15.8. The second-order valence-electron chi connectivity index (χ2n) is 4.70. The van der Waals surface area contributed by atoms with Gasteiger partial charge in [0.25, 0.3) is 0 Å². The third-order valence-electron chi connectivity index (χ3n) is 3.13. The van der Waals surface area contributed by atoms with Gasteiger partial charge in [-0.05, 0) is 30.7 Å². The van der Waals surface area contributed by atoms with E-state index >= 15 is 0 Å². The summed E-state index contributed by atoms with van der Waals surface area (Å²) in [6, 6.07) is 7.10. The first kappa shape index (κ1) is 16.5. The van der Waals surface area contributed by atoms with Gasteiger partial charge in [0.15, 0.2) is 0 Å². The topological polar surface area (TPSA) is 93.4 Å².